The molecule has 1 aliphatic carbocycles. The van der Waals surface area contributed by atoms with Gasteiger partial charge in [-0.15, -0.1) is 11.8 Å². The molecule has 2 heterocycles. The molecule has 0 bridgehead atoms. The van der Waals surface area contributed by atoms with Crippen molar-refractivity contribution in [2.75, 3.05) is 20.0 Å². The Morgan fingerprint density at radius 3 is 2.39 bits per heavy atom. The highest BCUT2D eigenvalue weighted by Gasteiger charge is 2.39. The summed E-state index contributed by atoms with van der Waals surface area (Å²) in [7, 11) is 2.60. The molecule has 2 N–H and O–H groups in total. The van der Waals surface area contributed by atoms with Crippen molar-refractivity contribution >= 4 is 28.4 Å². The van der Waals surface area contributed by atoms with Gasteiger partial charge in [-0.05, 0) is 67.3 Å². The Bertz CT molecular complexity index is 1150. The third kappa shape index (κ3) is 9.47. The second kappa shape index (κ2) is 15.5. The van der Waals surface area contributed by atoms with E-state index in [9.17, 15) is 18.0 Å². The van der Waals surface area contributed by atoms with Crippen LogP contribution in [0, 0.1) is 12.8 Å². The van der Waals surface area contributed by atoms with Crippen LogP contribution in [0.15, 0.2) is 47.5 Å². The number of nitrogens with zero attached hydrogens (tertiary/aromatic N) is 2. The molecule has 2 aromatic heterocycles. The Labute approximate surface area is 226 Å². The summed E-state index contributed by atoms with van der Waals surface area (Å²) in [6.45, 7) is 4.41. The van der Waals surface area contributed by atoms with Crippen molar-refractivity contribution in [2.24, 2.45) is 5.92 Å². The SMILES string of the molecule is CCSc1ccc(CNC(=O)c2ccc3c(OC)nc(C)cc3c2)nc1.CO.FC(F)(F)C1CCCCC1. The molecule has 0 unspecified atom stereocenters. The molecule has 0 spiro atoms. The summed E-state index contributed by atoms with van der Waals surface area (Å²) < 4.78 is 41.1. The van der Waals surface area contributed by atoms with Gasteiger partial charge in [0.15, 0.2) is 0 Å². The number of fused-ring (bicyclic) bond motifs is 1. The lowest BCUT2D eigenvalue weighted by Crippen LogP contribution is -2.24. The summed E-state index contributed by atoms with van der Waals surface area (Å²) in [5, 5.41) is 11.7. The van der Waals surface area contributed by atoms with Crippen LogP contribution in [0.4, 0.5) is 13.2 Å². The number of methoxy groups -OCH3 is 1. The minimum absolute atomic E-state index is 0.130. The average Bonchev–Trinajstić information content (AvgIpc) is 2.93. The number of halogens is 3. The van der Waals surface area contributed by atoms with Crippen LogP contribution >= 0.6 is 11.8 Å². The third-order valence-electron chi connectivity index (χ3n) is 5.99. The molecule has 0 radical (unpaired) electrons. The first-order valence-electron chi connectivity index (χ1n) is 12.5. The lowest BCUT2D eigenvalue weighted by Gasteiger charge is -2.23. The smallest absolute Gasteiger partial charge is 0.391 e. The van der Waals surface area contributed by atoms with E-state index in [2.05, 4.69) is 22.2 Å². The van der Waals surface area contributed by atoms with E-state index in [4.69, 9.17) is 9.84 Å². The maximum atomic E-state index is 12.5. The minimum atomic E-state index is -3.93. The molecule has 1 aromatic carbocycles. The molecule has 0 atom stereocenters. The Morgan fingerprint density at radius 1 is 1.13 bits per heavy atom. The van der Waals surface area contributed by atoms with Crippen molar-refractivity contribution in [2.45, 2.75) is 63.6 Å². The highest BCUT2D eigenvalue weighted by molar-refractivity contribution is 7.99. The van der Waals surface area contributed by atoms with Crippen LogP contribution in [0.2, 0.25) is 0 Å². The zero-order valence-electron chi connectivity index (χ0n) is 22.3. The number of aromatic nitrogens is 2. The van der Waals surface area contributed by atoms with E-state index in [1.807, 2.05) is 43.5 Å². The van der Waals surface area contributed by atoms with E-state index in [1.165, 1.54) is 0 Å². The van der Waals surface area contributed by atoms with Gasteiger partial charge < -0.3 is 15.2 Å². The molecule has 1 fully saturated rings. The van der Waals surface area contributed by atoms with E-state index >= 15 is 0 Å². The summed E-state index contributed by atoms with van der Waals surface area (Å²) in [5.41, 5.74) is 2.28. The number of pyridine rings is 2. The summed E-state index contributed by atoms with van der Waals surface area (Å²) in [6, 6.07) is 11.4. The summed E-state index contributed by atoms with van der Waals surface area (Å²) in [5.74, 6) is 0.455. The van der Waals surface area contributed by atoms with Crippen molar-refractivity contribution in [3.8, 4) is 5.88 Å². The number of alkyl halides is 3. The fraction of sp³-hybridized carbons (Fsp3) is 0.464. The molecule has 0 saturated heterocycles. The van der Waals surface area contributed by atoms with Crippen LogP contribution < -0.4 is 10.1 Å². The molecule has 38 heavy (non-hydrogen) atoms. The number of carbonyl (C=O) groups excluding carboxylic acids is 1. The van der Waals surface area contributed by atoms with Gasteiger partial charge in [0.1, 0.15) is 0 Å². The zero-order valence-corrected chi connectivity index (χ0v) is 23.1. The predicted octanol–water partition coefficient (Wildman–Crippen LogP) is 6.73. The quantitative estimate of drug-likeness (QED) is 0.331. The maximum Gasteiger partial charge on any atom is 0.391 e. The van der Waals surface area contributed by atoms with E-state index in [0.29, 0.717) is 30.8 Å². The molecule has 6 nitrogen and oxygen atoms in total. The van der Waals surface area contributed by atoms with Crippen LogP contribution in [0.1, 0.15) is 60.8 Å². The van der Waals surface area contributed by atoms with Crippen molar-refractivity contribution in [3.05, 3.63) is 59.5 Å². The fourth-order valence-corrected chi connectivity index (χ4v) is 4.75. The van der Waals surface area contributed by atoms with E-state index in [-0.39, 0.29) is 5.91 Å². The minimum Gasteiger partial charge on any atom is -0.481 e. The molecular weight excluding hydrogens is 515 g/mol. The van der Waals surface area contributed by atoms with Crippen molar-refractivity contribution in [1.29, 1.82) is 0 Å². The molecule has 1 aliphatic rings. The van der Waals surface area contributed by atoms with Crippen molar-refractivity contribution < 1.29 is 27.8 Å². The Hall–Kier alpha value is -2.85. The Morgan fingerprint density at radius 2 is 1.84 bits per heavy atom. The number of aliphatic hydroxyl groups excluding tert-OH is 1. The summed E-state index contributed by atoms with van der Waals surface area (Å²) >= 11 is 1.75. The van der Waals surface area contributed by atoms with Crippen molar-refractivity contribution in [1.82, 2.24) is 15.3 Å². The molecular formula is C28H36F3N3O3S. The first-order valence-corrected chi connectivity index (χ1v) is 13.5. The van der Waals surface area contributed by atoms with E-state index < -0.39 is 12.1 Å². The number of rotatable bonds is 6. The third-order valence-corrected chi connectivity index (χ3v) is 6.85. The second-order valence-corrected chi connectivity index (χ2v) is 10.0. The lowest BCUT2D eigenvalue weighted by molar-refractivity contribution is -0.181. The number of carbonyl (C=O) groups is 1. The van der Waals surface area contributed by atoms with Gasteiger partial charge in [0.25, 0.3) is 5.91 Å². The average molecular weight is 552 g/mol. The molecule has 1 amide bonds. The Balaban J connectivity index is 0.000000353. The largest absolute Gasteiger partial charge is 0.481 e. The lowest BCUT2D eigenvalue weighted by atomic mass is 9.89. The monoisotopic (exact) mass is 551 g/mol. The van der Waals surface area contributed by atoms with Gasteiger partial charge >= 0.3 is 6.18 Å². The number of benzene rings is 1. The fourth-order valence-electron chi connectivity index (χ4n) is 4.12. The molecule has 4 rings (SSSR count). The summed E-state index contributed by atoms with van der Waals surface area (Å²) in [6.07, 6.45) is 1.10. The number of nitrogens with one attached hydrogen (secondary N) is 1. The predicted molar refractivity (Wildman–Crippen MR) is 146 cm³/mol. The number of amides is 1. The zero-order chi connectivity index (χ0) is 28.1. The number of aryl methyl sites for hydroxylation is 1. The highest BCUT2D eigenvalue weighted by atomic mass is 32.2. The number of ether oxygens (including phenoxy) is 1. The van der Waals surface area contributed by atoms with Crippen molar-refractivity contribution in [3.63, 3.8) is 0 Å². The normalized spacial score (nSPS) is 13.6. The summed E-state index contributed by atoms with van der Waals surface area (Å²) in [4.78, 5) is 22.4. The van der Waals surface area contributed by atoms with Crippen LogP contribution in [0.5, 0.6) is 5.88 Å². The second-order valence-electron chi connectivity index (χ2n) is 8.69. The van der Waals surface area contributed by atoms with Crippen LogP contribution in [-0.2, 0) is 6.54 Å². The van der Waals surface area contributed by atoms with E-state index in [0.717, 1.165) is 59.2 Å². The number of thioether (sulfide) groups is 1. The van der Waals surface area contributed by atoms with Crippen LogP contribution in [0.25, 0.3) is 10.8 Å². The van der Waals surface area contributed by atoms with Gasteiger partial charge in [-0.1, -0.05) is 26.2 Å². The first kappa shape index (κ1) is 31.4. The number of hydrogen-bond acceptors (Lipinski definition) is 6. The van der Waals surface area contributed by atoms with Gasteiger partial charge in [0.05, 0.1) is 25.3 Å². The number of aliphatic hydroxyl groups is 1. The molecule has 0 aliphatic heterocycles. The first-order chi connectivity index (χ1) is 18.2. The maximum absolute atomic E-state index is 12.5. The standard InChI is InChI=1S/C20H21N3O2S.C7H11F3.CH4O/c1-4-26-17-7-6-16(21-12-17)11-22-19(24)14-5-8-18-15(10-14)9-13(2)23-20(18)25-3;8-7(9,10)6-4-2-1-3-5-6;1-2/h5-10,12H,4,11H2,1-3H3,(H,22,24);6H,1-5H2;2H,1H3. The van der Waals surface area contributed by atoms with Gasteiger partial charge in [-0.2, -0.15) is 13.2 Å². The molecule has 1 saturated carbocycles. The number of hydrogen-bond donors (Lipinski definition) is 2. The van der Waals surface area contributed by atoms with Gasteiger partial charge in [-0.3, -0.25) is 9.78 Å². The van der Waals surface area contributed by atoms with E-state index in [1.54, 1.807) is 24.9 Å². The molecule has 3 aromatic rings. The highest BCUT2D eigenvalue weighted by Crippen LogP contribution is 2.37. The van der Waals surface area contributed by atoms with Crippen LogP contribution in [-0.4, -0.2) is 47.1 Å². The topological polar surface area (TPSA) is 84.3 Å². The van der Waals surface area contributed by atoms with Crippen LogP contribution in [0.3, 0.4) is 0 Å². The van der Waals surface area contributed by atoms with Gasteiger partial charge in [-0.25, -0.2) is 4.98 Å². The Kier molecular flexibility index (Phi) is 12.8. The van der Waals surface area contributed by atoms with Gasteiger partial charge in [0, 0.05) is 34.8 Å². The van der Waals surface area contributed by atoms with Gasteiger partial charge in [0.2, 0.25) is 5.88 Å². The molecule has 10 heteroatoms. The molecule has 208 valence electrons.